The largest absolute Gasteiger partial charge is 0.491 e. The third-order valence-electron chi connectivity index (χ3n) is 6.51. The molecule has 0 unspecified atom stereocenters. The highest BCUT2D eigenvalue weighted by Crippen LogP contribution is 2.26. The first-order valence-corrected chi connectivity index (χ1v) is 12.7. The Morgan fingerprint density at radius 1 is 1.05 bits per heavy atom. The first kappa shape index (κ1) is 28.9. The molecule has 2 aromatic rings. The zero-order valence-electron chi connectivity index (χ0n) is 23.1. The smallest absolute Gasteiger partial charge is 0.323 e. The zero-order valence-corrected chi connectivity index (χ0v) is 23.1. The quantitative estimate of drug-likeness (QED) is 0.621. The summed E-state index contributed by atoms with van der Waals surface area (Å²) in [6, 6.07) is 13.4. The van der Waals surface area contributed by atoms with E-state index in [2.05, 4.69) is 10.6 Å². The second-order valence-electron chi connectivity index (χ2n) is 10.0. The van der Waals surface area contributed by atoms with Gasteiger partial charge >= 0.3 is 6.03 Å². The number of nitrogens with zero attached hydrogens (tertiary/aromatic N) is 3. The Bertz CT molecular complexity index is 1110. The second-order valence-corrected chi connectivity index (χ2v) is 10.0. The van der Waals surface area contributed by atoms with E-state index < -0.39 is 6.03 Å². The summed E-state index contributed by atoms with van der Waals surface area (Å²) in [6.45, 7) is 5.24. The first-order chi connectivity index (χ1) is 18.1. The number of anilines is 2. The summed E-state index contributed by atoms with van der Waals surface area (Å²) in [4.78, 5) is 44.4. The lowest BCUT2D eigenvalue weighted by molar-refractivity contribution is -0.136. The molecule has 1 aliphatic rings. The molecule has 38 heavy (non-hydrogen) atoms. The zero-order chi connectivity index (χ0) is 27.8. The Balaban J connectivity index is 1.89. The summed E-state index contributed by atoms with van der Waals surface area (Å²) < 4.78 is 11.9. The van der Waals surface area contributed by atoms with E-state index in [0.29, 0.717) is 35.8 Å². The fraction of sp³-hybridized carbons (Fsp3) is 0.464. The molecule has 0 bridgehead atoms. The molecule has 1 heterocycles. The maximum Gasteiger partial charge on any atom is 0.323 e. The van der Waals surface area contributed by atoms with Gasteiger partial charge in [0.05, 0.1) is 24.3 Å². The number of urea groups is 1. The van der Waals surface area contributed by atoms with Gasteiger partial charge in [-0.1, -0.05) is 25.1 Å². The summed E-state index contributed by atoms with van der Waals surface area (Å²) in [5.41, 5.74) is 1.41. The third-order valence-corrected chi connectivity index (χ3v) is 6.51. The lowest BCUT2D eigenvalue weighted by Crippen LogP contribution is -2.50. The Labute approximate surface area is 224 Å². The maximum atomic E-state index is 13.5. The number of carbonyl (C=O) groups excluding carboxylic acids is 3. The molecule has 3 rings (SSSR count). The number of benzene rings is 2. The molecule has 0 aromatic heterocycles. The van der Waals surface area contributed by atoms with Crippen molar-refractivity contribution in [1.29, 1.82) is 0 Å². The summed E-state index contributed by atoms with van der Waals surface area (Å²) in [6.07, 6.45) is -0.285. The fourth-order valence-electron chi connectivity index (χ4n) is 4.38. The molecule has 0 fully saturated rings. The summed E-state index contributed by atoms with van der Waals surface area (Å²) in [7, 11) is 7.04. The minimum Gasteiger partial charge on any atom is -0.491 e. The average molecular weight is 526 g/mol. The Morgan fingerprint density at radius 2 is 1.74 bits per heavy atom. The van der Waals surface area contributed by atoms with Gasteiger partial charge in [-0.05, 0) is 51.4 Å². The molecule has 0 saturated carbocycles. The monoisotopic (exact) mass is 525 g/mol. The Morgan fingerprint density at radius 3 is 2.39 bits per heavy atom. The number of amides is 4. The summed E-state index contributed by atoms with van der Waals surface area (Å²) in [5.74, 6) is 0.0938. The molecule has 2 N–H and O–H groups in total. The molecule has 0 aliphatic carbocycles. The maximum absolute atomic E-state index is 13.5. The van der Waals surface area contributed by atoms with Gasteiger partial charge in [0.25, 0.3) is 5.91 Å². The Hall–Kier alpha value is -3.63. The predicted molar refractivity (Wildman–Crippen MR) is 148 cm³/mol. The van der Waals surface area contributed by atoms with Crippen molar-refractivity contribution in [3.05, 3.63) is 54.1 Å². The molecule has 10 heteroatoms. The normalized spacial score (nSPS) is 20.6. The van der Waals surface area contributed by atoms with Crippen LogP contribution in [-0.4, -0.2) is 99.2 Å². The molecule has 3 atom stereocenters. The van der Waals surface area contributed by atoms with Crippen molar-refractivity contribution in [2.75, 3.05) is 65.1 Å². The van der Waals surface area contributed by atoms with Crippen LogP contribution in [0.3, 0.4) is 0 Å². The molecule has 1 aliphatic heterocycles. The van der Waals surface area contributed by atoms with Gasteiger partial charge in [0.1, 0.15) is 12.4 Å². The number of fused-ring (bicyclic) bond motifs is 1. The number of likely N-dealkylation sites (N-methyl/N-ethyl adjacent to an activating group) is 2. The van der Waals surface area contributed by atoms with Gasteiger partial charge in [-0.25, -0.2) is 4.79 Å². The van der Waals surface area contributed by atoms with Crippen LogP contribution in [0.5, 0.6) is 5.75 Å². The minimum atomic E-state index is -0.428. The molecule has 0 radical (unpaired) electrons. The second kappa shape index (κ2) is 13.3. The summed E-state index contributed by atoms with van der Waals surface area (Å²) >= 11 is 0. The average Bonchev–Trinajstić information content (AvgIpc) is 2.88. The van der Waals surface area contributed by atoms with Crippen molar-refractivity contribution >= 4 is 29.2 Å². The predicted octanol–water partition coefficient (Wildman–Crippen LogP) is 3.22. The molecule has 206 valence electrons. The van der Waals surface area contributed by atoms with E-state index in [0.717, 1.165) is 0 Å². The van der Waals surface area contributed by atoms with Crippen LogP contribution in [0.2, 0.25) is 0 Å². The van der Waals surface area contributed by atoms with Crippen LogP contribution in [0, 0.1) is 5.92 Å². The van der Waals surface area contributed by atoms with E-state index in [4.69, 9.17) is 9.47 Å². The van der Waals surface area contributed by atoms with Crippen LogP contribution in [0.4, 0.5) is 16.2 Å². The van der Waals surface area contributed by atoms with Gasteiger partial charge in [-0.2, -0.15) is 0 Å². The van der Waals surface area contributed by atoms with Crippen LogP contribution in [0.15, 0.2) is 48.5 Å². The third kappa shape index (κ3) is 7.69. The molecule has 0 saturated heterocycles. The van der Waals surface area contributed by atoms with Crippen molar-refractivity contribution in [3.63, 3.8) is 0 Å². The number of nitrogens with one attached hydrogen (secondary N) is 2. The van der Waals surface area contributed by atoms with Crippen molar-refractivity contribution in [2.45, 2.75) is 26.0 Å². The topological polar surface area (TPSA) is 103 Å². The van der Waals surface area contributed by atoms with Crippen LogP contribution < -0.4 is 15.4 Å². The van der Waals surface area contributed by atoms with Crippen LogP contribution in [0.1, 0.15) is 24.2 Å². The highest BCUT2D eigenvalue weighted by molar-refractivity contribution is 6.02. The lowest BCUT2D eigenvalue weighted by Gasteiger charge is -2.36. The Kier molecular flexibility index (Phi) is 10.1. The number of carbonyl (C=O) groups is 3. The molecular formula is C28H39N5O5. The minimum absolute atomic E-state index is 0.00140. The molecular weight excluding hydrogens is 486 g/mol. The van der Waals surface area contributed by atoms with Gasteiger partial charge in [-0.15, -0.1) is 0 Å². The van der Waals surface area contributed by atoms with E-state index in [1.807, 2.05) is 55.9 Å². The highest BCUT2D eigenvalue weighted by Gasteiger charge is 2.30. The van der Waals surface area contributed by atoms with Crippen LogP contribution in [0.25, 0.3) is 0 Å². The number of hydrogen-bond donors (Lipinski definition) is 2. The lowest BCUT2D eigenvalue weighted by atomic mass is 10.0. The van der Waals surface area contributed by atoms with Crippen LogP contribution in [-0.2, 0) is 9.53 Å². The summed E-state index contributed by atoms with van der Waals surface area (Å²) in [5, 5.41) is 5.54. The molecule has 10 nitrogen and oxygen atoms in total. The molecule has 4 amide bonds. The SMILES string of the molecule is CO[C@@H]1CN(C)C(=O)c2cc(NC(=O)Nc3ccccc3)ccc2OC[C@H](C)N(C(=O)CN(C)C)C[C@@H]1C. The number of rotatable bonds is 5. The van der Waals surface area contributed by atoms with Gasteiger partial charge in [0.15, 0.2) is 0 Å². The fourth-order valence-corrected chi connectivity index (χ4v) is 4.38. The number of para-hydroxylation sites is 1. The van der Waals surface area contributed by atoms with Crippen molar-refractivity contribution in [1.82, 2.24) is 14.7 Å². The van der Waals surface area contributed by atoms with Gasteiger partial charge in [0.2, 0.25) is 5.91 Å². The standard InChI is InChI=1S/C28H39N5O5/c1-19-15-33(26(34)17-31(3)4)20(2)18-38-24-13-12-22(30-28(36)29-21-10-8-7-9-11-21)14-23(24)27(35)32(5)16-25(19)37-6/h7-14,19-20,25H,15-18H2,1-6H3,(H2,29,30,36)/t19-,20-,25+/m0/s1. The van der Waals surface area contributed by atoms with Crippen molar-refractivity contribution in [3.8, 4) is 5.75 Å². The van der Waals surface area contributed by atoms with E-state index >= 15 is 0 Å². The van der Waals surface area contributed by atoms with Crippen molar-refractivity contribution < 1.29 is 23.9 Å². The first-order valence-electron chi connectivity index (χ1n) is 12.7. The molecule has 2 aromatic carbocycles. The number of ether oxygens (including phenoxy) is 2. The highest BCUT2D eigenvalue weighted by atomic mass is 16.5. The number of methoxy groups -OCH3 is 1. The van der Waals surface area contributed by atoms with E-state index in [-0.39, 0.29) is 43.0 Å². The molecule has 0 spiro atoms. The van der Waals surface area contributed by atoms with Crippen LogP contribution >= 0.6 is 0 Å². The van der Waals surface area contributed by atoms with E-state index in [1.165, 1.54) is 0 Å². The number of hydrogen-bond acceptors (Lipinski definition) is 6. The van der Waals surface area contributed by atoms with Crippen molar-refractivity contribution in [2.24, 2.45) is 5.92 Å². The van der Waals surface area contributed by atoms with Gasteiger partial charge in [-0.3, -0.25) is 9.59 Å². The van der Waals surface area contributed by atoms with E-state index in [9.17, 15) is 14.4 Å². The van der Waals surface area contributed by atoms with Gasteiger partial charge < -0.3 is 34.8 Å². The van der Waals surface area contributed by atoms with Gasteiger partial charge in [0, 0.05) is 44.5 Å². The van der Waals surface area contributed by atoms with E-state index in [1.54, 1.807) is 49.4 Å².